The number of carbonyl (C=O) groups is 2. The fraction of sp³-hybridized carbons (Fsp3) is 0.440. The highest BCUT2D eigenvalue weighted by Gasteiger charge is 2.24. The number of ether oxygens (including phenoxy) is 4. The summed E-state index contributed by atoms with van der Waals surface area (Å²) in [4.78, 5) is 24.6. The molecule has 34 heavy (non-hydrogen) atoms. The summed E-state index contributed by atoms with van der Waals surface area (Å²) in [5.74, 6) is 0.860. The van der Waals surface area contributed by atoms with Crippen molar-refractivity contribution in [2.75, 3.05) is 24.9 Å². The van der Waals surface area contributed by atoms with E-state index in [2.05, 4.69) is 10.6 Å². The summed E-state index contributed by atoms with van der Waals surface area (Å²) < 4.78 is 21.4. The molecule has 0 saturated carbocycles. The van der Waals surface area contributed by atoms with Gasteiger partial charge in [-0.3, -0.25) is 10.6 Å². The highest BCUT2D eigenvalue weighted by Crippen LogP contribution is 2.37. The predicted octanol–water partition coefficient (Wildman–Crippen LogP) is 5.48. The number of nitrogens with one attached hydrogen (secondary N) is 2. The third kappa shape index (κ3) is 7.84. The van der Waals surface area contributed by atoms with Gasteiger partial charge < -0.3 is 24.1 Å². The first-order valence-electron chi connectivity index (χ1n) is 10.8. The second-order valence-electron chi connectivity index (χ2n) is 9.57. The third-order valence-electron chi connectivity index (χ3n) is 4.36. The Morgan fingerprint density at radius 2 is 1.38 bits per heavy atom. The van der Waals surface area contributed by atoms with Gasteiger partial charge in [0.2, 0.25) is 0 Å². The molecule has 3 N–H and O–H groups in total. The van der Waals surface area contributed by atoms with Crippen LogP contribution in [-0.4, -0.2) is 42.7 Å². The van der Waals surface area contributed by atoms with Crippen molar-refractivity contribution in [3.63, 3.8) is 0 Å². The van der Waals surface area contributed by atoms with Crippen molar-refractivity contribution < 1.29 is 33.6 Å². The van der Waals surface area contributed by atoms with Gasteiger partial charge in [0.15, 0.2) is 0 Å². The minimum absolute atomic E-state index is 0.329. The first kappa shape index (κ1) is 26.8. The van der Waals surface area contributed by atoms with Crippen LogP contribution in [0, 0.1) is 0 Å². The van der Waals surface area contributed by atoms with Crippen molar-refractivity contribution >= 4 is 23.6 Å². The molecule has 0 unspecified atom stereocenters. The summed E-state index contributed by atoms with van der Waals surface area (Å²) in [6, 6.07) is 9.68. The normalized spacial score (nSPS) is 12.4. The molecule has 186 valence electrons. The molecule has 0 aliphatic carbocycles. The molecule has 1 atom stereocenters. The minimum Gasteiger partial charge on any atom is -0.497 e. The van der Waals surface area contributed by atoms with Crippen LogP contribution in [0.5, 0.6) is 11.5 Å². The molecule has 0 bridgehead atoms. The Kier molecular flexibility index (Phi) is 8.39. The predicted molar refractivity (Wildman–Crippen MR) is 130 cm³/mol. The lowest BCUT2D eigenvalue weighted by molar-refractivity contribution is 0.0624. The molecule has 0 heterocycles. The first-order valence-corrected chi connectivity index (χ1v) is 10.8. The minimum atomic E-state index is -1.24. The fourth-order valence-electron chi connectivity index (χ4n) is 3.04. The van der Waals surface area contributed by atoms with Crippen LogP contribution in [0.25, 0.3) is 0 Å². The topological polar surface area (TPSA) is 115 Å². The van der Waals surface area contributed by atoms with Gasteiger partial charge in [0.1, 0.15) is 28.8 Å². The van der Waals surface area contributed by atoms with E-state index >= 15 is 0 Å². The van der Waals surface area contributed by atoms with E-state index in [4.69, 9.17) is 18.9 Å². The van der Waals surface area contributed by atoms with Crippen LogP contribution in [0.3, 0.4) is 0 Å². The van der Waals surface area contributed by atoms with Crippen LogP contribution in [0.4, 0.5) is 21.0 Å². The van der Waals surface area contributed by atoms with Gasteiger partial charge in [0.05, 0.1) is 19.9 Å². The second kappa shape index (κ2) is 10.6. The largest absolute Gasteiger partial charge is 0.497 e. The van der Waals surface area contributed by atoms with Gasteiger partial charge in [0, 0.05) is 16.8 Å². The lowest BCUT2D eigenvalue weighted by Crippen LogP contribution is -2.27. The Morgan fingerprint density at radius 3 is 1.91 bits per heavy atom. The number of methoxy groups -OCH3 is 2. The average Bonchev–Trinajstić information content (AvgIpc) is 2.70. The van der Waals surface area contributed by atoms with E-state index in [0.29, 0.717) is 34.0 Å². The summed E-state index contributed by atoms with van der Waals surface area (Å²) in [7, 11) is 2.97. The number of amides is 2. The second-order valence-corrected chi connectivity index (χ2v) is 9.57. The summed E-state index contributed by atoms with van der Waals surface area (Å²) in [5, 5.41) is 16.6. The van der Waals surface area contributed by atoms with Crippen LogP contribution < -0.4 is 20.1 Å². The molecule has 0 fully saturated rings. The number of aliphatic hydroxyl groups excluding tert-OH is 1. The molecule has 0 spiro atoms. The molecule has 2 aromatic rings. The lowest BCUT2D eigenvalue weighted by Gasteiger charge is -2.23. The van der Waals surface area contributed by atoms with Crippen LogP contribution >= 0.6 is 0 Å². The molecule has 0 aliphatic heterocycles. The van der Waals surface area contributed by atoms with Gasteiger partial charge in [-0.15, -0.1) is 0 Å². The highest BCUT2D eigenvalue weighted by molar-refractivity contribution is 5.87. The van der Waals surface area contributed by atoms with E-state index in [-0.39, 0.29) is 0 Å². The molecule has 0 radical (unpaired) electrons. The maximum absolute atomic E-state index is 12.4. The monoisotopic (exact) mass is 474 g/mol. The van der Waals surface area contributed by atoms with Gasteiger partial charge in [-0.05, 0) is 77.9 Å². The maximum atomic E-state index is 12.4. The Labute approximate surface area is 200 Å². The van der Waals surface area contributed by atoms with E-state index in [1.165, 1.54) is 14.2 Å². The molecule has 2 aromatic carbocycles. The Balaban J connectivity index is 2.43. The van der Waals surface area contributed by atoms with Crippen molar-refractivity contribution in [2.24, 2.45) is 0 Å². The first-order chi connectivity index (χ1) is 15.7. The number of anilines is 2. The van der Waals surface area contributed by atoms with Crippen LogP contribution in [0.15, 0.2) is 36.4 Å². The third-order valence-corrected chi connectivity index (χ3v) is 4.36. The molecular weight excluding hydrogens is 440 g/mol. The van der Waals surface area contributed by atoms with Crippen LogP contribution in [-0.2, 0) is 9.47 Å². The molecular formula is C25H34N2O7. The zero-order chi connectivity index (χ0) is 25.7. The molecule has 2 rings (SSSR count). The number of rotatable bonds is 6. The highest BCUT2D eigenvalue weighted by atomic mass is 16.6. The van der Waals surface area contributed by atoms with E-state index in [1.807, 2.05) is 0 Å². The van der Waals surface area contributed by atoms with Crippen LogP contribution in [0.2, 0.25) is 0 Å². The number of benzene rings is 2. The van der Waals surface area contributed by atoms with Crippen LogP contribution in [0.1, 0.15) is 58.8 Å². The Bertz CT molecular complexity index is 1020. The van der Waals surface area contributed by atoms with E-state index in [1.54, 1.807) is 77.9 Å². The van der Waals surface area contributed by atoms with E-state index in [0.717, 1.165) is 0 Å². The van der Waals surface area contributed by atoms with Gasteiger partial charge in [-0.2, -0.15) is 0 Å². The lowest BCUT2D eigenvalue weighted by atomic mass is 9.98. The number of carbonyl (C=O) groups excluding carboxylic acids is 2. The van der Waals surface area contributed by atoms with Crippen molar-refractivity contribution in [2.45, 2.75) is 58.8 Å². The zero-order valence-corrected chi connectivity index (χ0v) is 20.9. The molecule has 0 aliphatic rings. The number of hydrogen-bond donors (Lipinski definition) is 3. The number of aliphatic hydroxyl groups is 1. The Hall–Kier alpha value is -3.46. The maximum Gasteiger partial charge on any atom is 0.412 e. The van der Waals surface area contributed by atoms with Gasteiger partial charge >= 0.3 is 12.2 Å². The standard InChI is InChI=1S/C25H34N2O7/c1-24(2,3)33-22(29)26-15-9-12-20(32-8)18(13-15)21(28)17-14-16(31-7)10-11-19(17)27-23(30)34-25(4,5)6/h9-14,21,28H,1-8H3,(H,26,29)(H,27,30)/t21-/m1/s1. The summed E-state index contributed by atoms with van der Waals surface area (Å²) in [5.41, 5.74) is 0.0697. The average molecular weight is 475 g/mol. The van der Waals surface area contributed by atoms with Gasteiger partial charge in [0.25, 0.3) is 0 Å². The van der Waals surface area contributed by atoms with Crippen molar-refractivity contribution in [3.8, 4) is 11.5 Å². The van der Waals surface area contributed by atoms with Gasteiger partial charge in [-0.1, -0.05) is 0 Å². The zero-order valence-electron chi connectivity index (χ0n) is 20.9. The van der Waals surface area contributed by atoms with Crippen molar-refractivity contribution in [3.05, 3.63) is 47.5 Å². The molecule has 9 nitrogen and oxygen atoms in total. The summed E-state index contributed by atoms with van der Waals surface area (Å²) in [6.07, 6.45) is -2.54. The molecule has 2 amide bonds. The smallest absolute Gasteiger partial charge is 0.412 e. The fourth-order valence-corrected chi connectivity index (χ4v) is 3.04. The SMILES string of the molecule is COc1ccc(NC(=O)OC(C)(C)C)c([C@@H](O)c2cc(NC(=O)OC(C)(C)C)ccc2OC)c1. The summed E-state index contributed by atoms with van der Waals surface area (Å²) in [6.45, 7) is 10.5. The number of hydrogen-bond acceptors (Lipinski definition) is 7. The van der Waals surface area contributed by atoms with Crippen molar-refractivity contribution in [1.29, 1.82) is 0 Å². The van der Waals surface area contributed by atoms with E-state index < -0.39 is 29.5 Å². The quantitative estimate of drug-likeness (QED) is 0.508. The molecule has 0 aromatic heterocycles. The van der Waals surface area contributed by atoms with Gasteiger partial charge in [-0.25, -0.2) is 9.59 Å². The van der Waals surface area contributed by atoms with Crippen molar-refractivity contribution in [1.82, 2.24) is 0 Å². The summed E-state index contributed by atoms with van der Waals surface area (Å²) >= 11 is 0. The Morgan fingerprint density at radius 1 is 0.794 bits per heavy atom. The molecule has 0 saturated heterocycles. The molecule has 9 heteroatoms. The van der Waals surface area contributed by atoms with E-state index in [9.17, 15) is 14.7 Å².